The van der Waals surface area contributed by atoms with Crippen LogP contribution in [0.4, 0.5) is 0 Å². The van der Waals surface area contributed by atoms with Gasteiger partial charge in [-0.2, -0.15) is 0 Å². The molecule has 0 bridgehead atoms. The number of benzene rings is 1. The molecule has 1 aromatic rings. The monoisotopic (exact) mass is 251 g/mol. The first-order chi connectivity index (χ1) is 8.54. The summed E-state index contributed by atoms with van der Waals surface area (Å²) in [6.45, 7) is 1.70. The van der Waals surface area contributed by atoms with E-state index in [1.165, 1.54) is 7.11 Å². The van der Waals surface area contributed by atoms with Crippen molar-refractivity contribution in [1.82, 2.24) is 0 Å². The first-order valence-electron chi connectivity index (χ1n) is 5.78. The van der Waals surface area contributed by atoms with Gasteiger partial charge in [0, 0.05) is 17.3 Å². The molecule has 0 saturated heterocycles. The van der Waals surface area contributed by atoms with E-state index in [4.69, 9.17) is 0 Å². The quantitative estimate of drug-likeness (QED) is 0.441. The van der Waals surface area contributed by atoms with Crippen LogP contribution >= 0.6 is 0 Å². The molecule has 98 valence electrons. The van der Waals surface area contributed by atoms with Crippen LogP contribution in [0.5, 0.6) is 0 Å². The highest BCUT2D eigenvalue weighted by Gasteiger charge is 2.30. The number of carbonyl (C=O) groups excluding carboxylic acids is 1. The fraction of sp³-hybridized carbons (Fsp3) is 0.462. The van der Waals surface area contributed by atoms with Crippen molar-refractivity contribution in [1.29, 1.82) is 0 Å². The lowest BCUT2D eigenvalue weighted by molar-refractivity contribution is -0.531. The third-order valence-electron chi connectivity index (χ3n) is 2.93. The van der Waals surface area contributed by atoms with E-state index in [0.717, 1.165) is 5.56 Å². The van der Waals surface area contributed by atoms with E-state index in [0.29, 0.717) is 6.42 Å². The van der Waals surface area contributed by atoms with E-state index in [9.17, 15) is 14.9 Å². The Bertz CT molecular complexity index is 405. The lowest BCUT2D eigenvalue weighted by Gasteiger charge is -2.16. The minimum absolute atomic E-state index is 0.0645. The van der Waals surface area contributed by atoms with E-state index in [1.807, 2.05) is 30.3 Å². The number of esters is 1. The Morgan fingerprint density at radius 1 is 1.39 bits per heavy atom. The van der Waals surface area contributed by atoms with Gasteiger partial charge in [0.05, 0.1) is 13.5 Å². The molecule has 0 heterocycles. The second-order valence-corrected chi connectivity index (χ2v) is 4.30. The highest BCUT2D eigenvalue weighted by Crippen LogP contribution is 2.17. The molecule has 5 heteroatoms. The molecule has 0 amide bonds. The summed E-state index contributed by atoms with van der Waals surface area (Å²) in [5.41, 5.74) is 0.899. The maximum Gasteiger partial charge on any atom is 0.306 e. The molecule has 0 aromatic heterocycles. The van der Waals surface area contributed by atoms with Gasteiger partial charge in [-0.25, -0.2) is 0 Å². The Balaban J connectivity index is 2.71. The van der Waals surface area contributed by atoms with E-state index < -0.39 is 12.0 Å². The van der Waals surface area contributed by atoms with Crippen LogP contribution in [-0.4, -0.2) is 24.0 Å². The molecule has 0 aliphatic carbocycles. The van der Waals surface area contributed by atoms with Crippen LogP contribution in [-0.2, 0) is 16.0 Å². The Labute approximate surface area is 106 Å². The molecule has 0 spiro atoms. The zero-order valence-electron chi connectivity index (χ0n) is 10.5. The van der Waals surface area contributed by atoms with Gasteiger partial charge in [-0.3, -0.25) is 14.9 Å². The van der Waals surface area contributed by atoms with Crippen molar-refractivity contribution in [2.24, 2.45) is 5.92 Å². The highest BCUT2D eigenvalue weighted by atomic mass is 16.6. The van der Waals surface area contributed by atoms with Gasteiger partial charge in [0.1, 0.15) is 0 Å². The van der Waals surface area contributed by atoms with Crippen LogP contribution in [0.3, 0.4) is 0 Å². The maximum atomic E-state index is 11.2. The van der Waals surface area contributed by atoms with Gasteiger partial charge >= 0.3 is 5.97 Å². The third kappa shape index (κ3) is 4.16. The molecule has 0 N–H and O–H groups in total. The topological polar surface area (TPSA) is 69.4 Å². The van der Waals surface area contributed by atoms with Gasteiger partial charge in [-0.15, -0.1) is 0 Å². The lowest BCUT2D eigenvalue weighted by atomic mass is 9.93. The van der Waals surface area contributed by atoms with Crippen LogP contribution in [0.2, 0.25) is 0 Å². The zero-order chi connectivity index (χ0) is 13.5. The van der Waals surface area contributed by atoms with E-state index in [-0.39, 0.29) is 17.3 Å². The van der Waals surface area contributed by atoms with Crippen LogP contribution in [0, 0.1) is 16.0 Å². The molecular formula is C13H17NO4. The summed E-state index contributed by atoms with van der Waals surface area (Å²) in [6, 6.07) is 8.48. The minimum Gasteiger partial charge on any atom is -0.469 e. The maximum absolute atomic E-state index is 11.2. The summed E-state index contributed by atoms with van der Waals surface area (Å²) in [5.74, 6) is -0.768. The molecule has 0 unspecified atom stereocenters. The second-order valence-electron chi connectivity index (χ2n) is 4.30. The van der Waals surface area contributed by atoms with E-state index in [1.54, 1.807) is 6.92 Å². The van der Waals surface area contributed by atoms with Gasteiger partial charge < -0.3 is 4.74 Å². The Morgan fingerprint density at radius 2 is 2.00 bits per heavy atom. The van der Waals surface area contributed by atoms with Crippen LogP contribution in [0.25, 0.3) is 0 Å². The number of carbonyl (C=O) groups is 1. The van der Waals surface area contributed by atoms with Crippen LogP contribution in [0.1, 0.15) is 18.9 Å². The number of nitro groups is 1. The Hall–Kier alpha value is -1.91. The molecule has 0 fully saturated rings. The number of nitrogens with zero attached hydrogens (tertiary/aromatic N) is 1. The average Bonchev–Trinajstić information content (AvgIpc) is 2.36. The molecule has 2 atom stereocenters. The molecule has 1 aromatic carbocycles. The summed E-state index contributed by atoms with van der Waals surface area (Å²) < 4.78 is 4.54. The number of hydrogen-bond donors (Lipinski definition) is 0. The minimum atomic E-state index is -0.772. The molecule has 0 radical (unpaired) electrons. The van der Waals surface area contributed by atoms with Crippen molar-refractivity contribution in [3.63, 3.8) is 0 Å². The number of hydrogen-bond acceptors (Lipinski definition) is 4. The molecule has 5 nitrogen and oxygen atoms in total. The standard InChI is InChI=1S/C13H17NO4/c1-10(8-13(15)18-2)12(14(16)17)9-11-6-4-3-5-7-11/h3-7,10,12H,8-9H2,1-2H3/t10-,12+/m1/s1. The first-order valence-corrected chi connectivity index (χ1v) is 5.78. The van der Waals surface area contributed by atoms with Crippen molar-refractivity contribution < 1.29 is 14.5 Å². The summed E-state index contributed by atoms with van der Waals surface area (Å²) >= 11 is 0. The van der Waals surface area contributed by atoms with Crippen molar-refractivity contribution >= 4 is 5.97 Å². The molecule has 0 saturated carbocycles. The lowest BCUT2D eigenvalue weighted by Crippen LogP contribution is -2.31. The highest BCUT2D eigenvalue weighted by molar-refractivity contribution is 5.69. The summed E-state index contributed by atoms with van der Waals surface area (Å²) in [5, 5.41) is 11.1. The van der Waals surface area contributed by atoms with Gasteiger partial charge in [-0.05, 0) is 5.56 Å². The van der Waals surface area contributed by atoms with Crippen LogP contribution < -0.4 is 0 Å². The van der Waals surface area contributed by atoms with Gasteiger partial charge in [0.2, 0.25) is 6.04 Å². The Morgan fingerprint density at radius 3 is 2.50 bits per heavy atom. The molecule has 0 aliphatic rings. The summed E-state index contributed by atoms with van der Waals surface area (Å²) in [6.07, 6.45) is 0.390. The molecule has 0 aliphatic heterocycles. The predicted octanol–water partition coefficient (Wildman–Crippen LogP) is 2.07. The smallest absolute Gasteiger partial charge is 0.306 e. The van der Waals surface area contributed by atoms with Gasteiger partial charge in [0.25, 0.3) is 0 Å². The fourth-order valence-electron chi connectivity index (χ4n) is 1.82. The predicted molar refractivity (Wildman–Crippen MR) is 66.7 cm³/mol. The third-order valence-corrected chi connectivity index (χ3v) is 2.93. The van der Waals surface area contributed by atoms with Gasteiger partial charge in [-0.1, -0.05) is 37.3 Å². The SMILES string of the molecule is COC(=O)C[C@@H](C)[C@H](Cc1ccccc1)[N+](=O)[O-]. The first kappa shape index (κ1) is 14.2. The molecule has 18 heavy (non-hydrogen) atoms. The second kappa shape index (κ2) is 6.74. The fourth-order valence-corrected chi connectivity index (χ4v) is 1.82. The normalized spacial score (nSPS) is 13.7. The summed E-state index contributed by atoms with van der Waals surface area (Å²) in [7, 11) is 1.29. The number of rotatable bonds is 6. The largest absolute Gasteiger partial charge is 0.469 e. The van der Waals surface area contributed by atoms with Crippen molar-refractivity contribution in [2.75, 3.05) is 7.11 Å². The average molecular weight is 251 g/mol. The number of ether oxygens (including phenoxy) is 1. The Kier molecular flexibility index (Phi) is 5.30. The van der Waals surface area contributed by atoms with Crippen LogP contribution in [0.15, 0.2) is 30.3 Å². The number of methoxy groups -OCH3 is 1. The summed E-state index contributed by atoms with van der Waals surface area (Å²) in [4.78, 5) is 21.9. The van der Waals surface area contributed by atoms with Crippen molar-refractivity contribution in [2.45, 2.75) is 25.8 Å². The molecule has 1 rings (SSSR count). The van der Waals surface area contributed by atoms with Crippen molar-refractivity contribution in [3.8, 4) is 0 Å². The molecular weight excluding hydrogens is 234 g/mol. The zero-order valence-corrected chi connectivity index (χ0v) is 10.5. The van der Waals surface area contributed by atoms with Gasteiger partial charge in [0.15, 0.2) is 0 Å². The van der Waals surface area contributed by atoms with E-state index in [2.05, 4.69) is 4.74 Å². The van der Waals surface area contributed by atoms with Crippen molar-refractivity contribution in [3.05, 3.63) is 46.0 Å². The van der Waals surface area contributed by atoms with E-state index >= 15 is 0 Å².